The van der Waals surface area contributed by atoms with Crippen LogP contribution in [0, 0.1) is 10.1 Å². The van der Waals surface area contributed by atoms with Gasteiger partial charge in [-0.25, -0.2) is 10.2 Å². The summed E-state index contributed by atoms with van der Waals surface area (Å²) in [7, 11) is 0. The van der Waals surface area contributed by atoms with Gasteiger partial charge in [-0.1, -0.05) is 23.7 Å². The number of nitro groups is 1. The van der Waals surface area contributed by atoms with Crippen molar-refractivity contribution >= 4 is 35.4 Å². The molecule has 146 valence electrons. The van der Waals surface area contributed by atoms with E-state index in [1.165, 1.54) is 42.6 Å². The van der Waals surface area contributed by atoms with Gasteiger partial charge in [0.2, 0.25) is 0 Å². The standard InChI is InChI=1S/C19H12ClN3O6/c20-15-7-5-11(9-14(15)19(25)26)17-8-6-12(29-17)10-21-22-18(24)13-3-1-2-4-16(13)23(27)28/h1-10H,(H,22,24)(H,25,26)/b21-10-. The van der Waals surface area contributed by atoms with Crippen molar-refractivity contribution in [3.63, 3.8) is 0 Å². The van der Waals surface area contributed by atoms with E-state index in [4.69, 9.17) is 21.1 Å². The summed E-state index contributed by atoms with van der Waals surface area (Å²) in [6.45, 7) is 0. The number of carboxylic acid groups (broad SMARTS) is 1. The van der Waals surface area contributed by atoms with Crippen LogP contribution in [0.3, 0.4) is 0 Å². The maximum Gasteiger partial charge on any atom is 0.337 e. The smallest absolute Gasteiger partial charge is 0.337 e. The molecule has 29 heavy (non-hydrogen) atoms. The number of hydrazone groups is 1. The second-order valence-corrected chi connectivity index (χ2v) is 6.08. The van der Waals surface area contributed by atoms with Crippen molar-refractivity contribution in [1.29, 1.82) is 0 Å². The number of aromatic carboxylic acids is 1. The molecule has 3 aromatic rings. The Balaban J connectivity index is 1.73. The number of nitrogens with zero attached hydrogens (tertiary/aromatic N) is 2. The summed E-state index contributed by atoms with van der Waals surface area (Å²) in [6, 6.07) is 13.1. The number of carbonyl (C=O) groups is 2. The molecule has 0 unspecified atom stereocenters. The second kappa shape index (κ2) is 8.36. The Hall–Kier alpha value is -3.98. The number of halogens is 1. The Bertz CT molecular complexity index is 1140. The zero-order valence-electron chi connectivity index (χ0n) is 14.5. The summed E-state index contributed by atoms with van der Waals surface area (Å²) >= 11 is 5.85. The van der Waals surface area contributed by atoms with Crippen molar-refractivity contribution in [2.24, 2.45) is 5.10 Å². The van der Waals surface area contributed by atoms with Crippen LogP contribution in [0.15, 0.2) is 64.1 Å². The van der Waals surface area contributed by atoms with E-state index in [0.717, 1.165) is 0 Å². The predicted molar refractivity (Wildman–Crippen MR) is 104 cm³/mol. The molecule has 1 heterocycles. The summed E-state index contributed by atoms with van der Waals surface area (Å²) in [5.41, 5.74) is 2.16. The van der Waals surface area contributed by atoms with Crippen LogP contribution in [0.25, 0.3) is 11.3 Å². The lowest BCUT2D eigenvalue weighted by Crippen LogP contribution is -2.18. The highest BCUT2D eigenvalue weighted by molar-refractivity contribution is 6.33. The van der Waals surface area contributed by atoms with E-state index in [2.05, 4.69) is 10.5 Å². The van der Waals surface area contributed by atoms with Gasteiger partial charge in [-0.2, -0.15) is 5.10 Å². The number of rotatable bonds is 6. The number of para-hydroxylation sites is 1. The first-order valence-electron chi connectivity index (χ1n) is 8.06. The molecular formula is C19H12ClN3O6. The van der Waals surface area contributed by atoms with E-state index in [1.54, 1.807) is 18.2 Å². The van der Waals surface area contributed by atoms with Crippen LogP contribution in [-0.4, -0.2) is 28.1 Å². The lowest BCUT2D eigenvalue weighted by molar-refractivity contribution is -0.385. The summed E-state index contributed by atoms with van der Waals surface area (Å²) in [5, 5.41) is 23.9. The van der Waals surface area contributed by atoms with Crippen molar-refractivity contribution in [1.82, 2.24) is 5.43 Å². The number of benzene rings is 2. The molecule has 0 bridgehead atoms. The van der Waals surface area contributed by atoms with E-state index in [1.807, 2.05) is 0 Å². The van der Waals surface area contributed by atoms with Gasteiger partial charge in [0.1, 0.15) is 17.1 Å². The minimum atomic E-state index is -1.16. The fourth-order valence-corrected chi connectivity index (χ4v) is 2.66. The second-order valence-electron chi connectivity index (χ2n) is 5.68. The molecule has 9 nitrogen and oxygen atoms in total. The molecule has 0 atom stereocenters. The molecule has 0 aliphatic rings. The molecule has 10 heteroatoms. The van der Waals surface area contributed by atoms with Crippen LogP contribution in [0.1, 0.15) is 26.5 Å². The highest BCUT2D eigenvalue weighted by atomic mass is 35.5. The zero-order valence-corrected chi connectivity index (χ0v) is 15.3. The van der Waals surface area contributed by atoms with E-state index in [-0.39, 0.29) is 27.6 Å². The minimum absolute atomic E-state index is 0.0625. The molecule has 0 saturated heterocycles. The van der Waals surface area contributed by atoms with Gasteiger partial charge in [0.15, 0.2) is 0 Å². The largest absolute Gasteiger partial charge is 0.478 e. The topological polar surface area (TPSA) is 135 Å². The van der Waals surface area contributed by atoms with Crippen LogP contribution in [-0.2, 0) is 0 Å². The highest BCUT2D eigenvalue weighted by Crippen LogP contribution is 2.26. The first kappa shape index (κ1) is 19.8. The quantitative estimate of drug-likeness (QED) is 0.356. The van der Waals surface area contributed by atoms with Crippen molar-refractivity contribution in [2.75, 3.05) is 0 Å². The average molecular weight is 414 g/mol. The van der Waals surface area contributed by atoms with Crippen molar-refractivity contribution in [3.05, 3.63) is 86.6 Å². The monoisotopic (exact) mass is 413 g/mol. The Labute approximate surface area is 168 Å². The summed E-state index contributed by atoms with van der Waals surface area (Å²) in [5.74, 6) is -1.27. The van der Waals surface area contributed by atoms with Crippen LogP contribution in [0.5, 0.6) is 0 Å². The maximum atomic E-state index is 12.1. The van der Waals surface area contributed by atoms with Crippen molar-refractivity contribution in [2.45, 2.75) is 0 Å². The van der Waals surface area contributed by atoms with Gasteiger partial charge in [0.05, 0.1) is 21.7 Å². The maximum absolute atomic E-state index is 12.1. The molecule has 0 spiro atoms. The van der Waals surface area contributed by atoms with Crippen LogP contribution in [0.2, 0.25) is 5.02 Å². The highest BCUT2D eigenvalue weighted by Gasteiger charge is 2.18. The fourth-order valence-electron chi connectivity index (χ4n) is 2.46. The third-order valence-corrected chi connectivity index (χ3v) is 4.14. The third-order valence-electron chi connectivity index (χ3n) is 3.81. The Morgan fingerprint density at radius 2 is 1.90 bits per heavy atom. The summed E-state index contributed by atoms with van der Waals surface area (Å²) in [4.78, 5) is 33.6. The number of hydrogen-bond donors (Lipinski definition) is 2. The first-order valence-corrected chi connectivity index (χ1v) is 8.44. The fraction of sp³-hybridized carbons (Fsp3) is 0. The van der Waals surface area contributed by atoms with Crippen LogP contribution in [0.4, 0.5) is 5.69 Å². The molecule has 2 N–H and O–H groups in total. The number of nitro benzene ring substituents is 1. The van der Waals surface area contributed by atoms with Gasteiger partial charge in [0.25, 0.3) is 11.6 Å². The molecule has 0 aliphatic carbocycles. The molecule has 2 aromatic carbocycles. The van der Waals surface area contributed by atoms with Crippen LogP contribution >= 0.6 is 11.6 Å². The summed E-state index contributed by atoms with van der Waals surface area (Å²) < 4.78 is 5.55. The lowest BCUT2D eigenvalue weighted by Gasteiger charge is -2.02. The number of carbonyl (C=O) groups excluding carboxylic acids is 1. The van der Waals surface area contributed by atoms with Gasteiger partial charge in [-0.15, -0.1) is 0 Å². The number of amides is 1. The van der Waals surface area contributed by atoms with Gasteiger partial charge in [-0.05, 0) is 36.4 Å². The number of carboxylic acids is 1. The Morgan fingerprint density at radius 3 is 2.62 bits per heavy atom. The van der Waals surface area contributed by atoms with Gasteiger partial charge in [-0.3, -0.25) is 14.9 Å². The van der Waals surface area contributed by atoms with E-state index < -0.39 is 16.8 Å². The molecule has 0 radical (unpaired) electrons. The predicted octanol–water partition coefficient (Wildman–Crippen LogP) is 3.97. The van der Waals surface area contributed by atoms with E-state index in [9.17, 15) is 19.7 Å². The van der Waals surface area contributed by atoms with Gasteiger partial charge in [0, 0.05) is 11.6 Å². The Morgan fingerprint density at radius 1 is 1.14 bits per heavy atom. The van der Waals surface area contributed by atoms with Crippen molar-refractivity contribution in [3.8, 4) is 11.3 Å². The number of nitrogens with one attached hydrogen (secondary N) is 1. The number of furan rings is 1. The molecule has 0 aliphatic heterocycles. The lowest BCUT2D eigenvalue weighted by atomic mass is 10.1. The SMILES string of the molecule is O=C(O)c1cc(-c2ccc(/C=N\NC(=O)c3ccccc3[N+](=O)[O-])o2)ccc1Cl. The summed E-state index contributed by atoms with van der Waals surface area (Å²) in [6.07, 6.45) is 1.21. The molecule has 1 amide bonds. The Kier molecular flexibility index (Phi) is 5.70. The molecule has 0 saturated carbocycles. The zero-order chi connectivity index (χ0) is 21.0. The molecule has 3 rings (SSSR count). The van der Waals surface area contributed by atoms with Crippen molar-refractivity contribution < 1.29 is 24.0 Å². The van der Waals surface area contributed by atoms with E-state index in [0.29, 0.717) is 11.3 Å². The molecular weight excluding hydrogens is 402 g/mol. The molecule has 0 fully saturated rings. The van der Waals surface area contributed by atoms with Crippen LogP contribution < -0.4 is 5.43 Å². The van der Waals surface area contributed by atoms with Gasteiger partial charge < -0.3 is 9.52 Å². The first-order chi connectivity index (χ1) is 13.9. The minimum Gasteiger partial charge on any atom is -0.478 e. The number of hydrogen-bond acceptors (Lipinski definition) is 6. The molecule has 1 aromatic heterocycles. The van der Waals surface area contributed by atoms with E-state index >= 15 is 0 Å². The third kappa shape index (κ3) is 4.47. The van der Waals surface area contributed by atoms with Gasteiger partial charge >= 0.3 is 5.97 Å². The average Bonchev–Trinajstić information content (AvgIpc) is 3.17. The normalized spacial score (nSPS) is 10.8.